The van der Waals surface area contributed by atoms with Gasteiger partial charge in [-0.1, -0.05) is 66.7 Å². The number of hydrogen-bond donors (Lipinski definition) is 1. The number of nitrogen functional groups attached to an aromatic ring is 1. The number of anilines is 1. The summed E-state index contributed by atoms with van der Waals surface area (Å²) in [5, 5.41) is 12.1. The number of hydrogen-bond acceptors (Lipinski definition) is 2. The highest BCUT2D eigenvalue weighted by atomic mass is 16.5. The van der Waals surface area contributed by atoms with E-state index >= 15 is 0 Å². The van der Waals surface area contributed by atoms with Crippen molar-refractivity contribution < 1.29 is 4.74 Å². The van der Waals surface area contributed by atoms with Gasteiger partial charge in [0.1, 0.15) is 5.75 Å². The van der Waals surface area contributed by atoms with Crippen molar-refractivity contribution in [1.82, 2.24) is 0 Å². The summed E-state index contributed by atoms with van der Waals surface area (Å²) in [6.07, 6.45) is 0. The lowest BCUT2D eigenvalue weighted by Crippen LogP contribution is -1.91. The Bertz CT molecular complexity index is 1590. The second kappa shape index (κ2) is 5.86. The number of nitrogens with two attached hydrogens (primary N) is 1. The molecule has 138 valence electrons. The van der Waals surface area contributed by atoms with E-state index in [0.717, 1.165) is 22.2 Å². The SMILES string of the molecule is COc1ccc2cc(N)c3ccc4ccc5ccc6ccccc6c5c4c3c2c1. The number of benzene rings is 6. The van der Waals surface area contributed by atoms with Gasteiger partial charge in [-0.2, -0.15) is 0 Å². The van der Waals surface area contributed by atoms with E-state index in [-0.39, 0.29) is 0 Å². The summed E-state index contributed by atoms with van der Waals surface area (Å²) in [6.45, 7) is 0. The van der Waals surface area contributed by atoms with Gasteiger partial charge in [-0.3, -0.25) is 0 Å². The van der Waals surface area contributed by atoms with Crippen molar-refractivity contribution in [2.45, 2.75) is 0 Å². The normalized spacial score (nSPS) is 11.8. The maximum atomic E-state index is 6.51. The van der Waals surface area contributed by atoms with Crippen LogP contribution in [-0.2, 0) is 0 Å². The Balaban J connectivity index is 2.00. The first-order valence-corrected chi connectivity index (χ1v) is 9.78. The van der Waals surface area contributed by atoms with Gasteiger partial charge in [-0.25, -0.2) is 0 Å². The van der Waals surface area contributed by atoms with E-state index in [0.29, 0.717) is 0 Å². The van der Waals surface area contributed by atoms with Crippen LogP contribution in [-0.4, -0.2) is 7.11 Å². The van der Waals surface area contributed by atoms with Gasteiger partial charge >= 0.3 is 0 Å². The van der Waals surface area contributed by atoms with Gasteiger partial charge in [0.15, 0.2) is 0 Å². The van der Waals surface area contributed by atoms with Crippen molar-refractivity contribution in [1.29, 1.82) is 0 Å². The molecule has 2 heteroatoms. The monoisotopic (exact) mass is 373 g/mol. The fourth-order valence-corrected chi connectivity index (χ4v) is 4.68. The van der Waals surface area contributed by atoms with Crippen molar-refractivity contribution in [2.24, 2.45) is 0 Å². The molecule has 0 fully saturated rings. The number of rotatable bonds is 1. The van der Waals surface area contributed by atoms with E-state index in [1.165, 1.54) is 43.1 Å². The summed E-state index contributed by atoms with van der Waals surface area (Å²) >= 11 is 0. The molecule has 6 aromatic carbocycles. The predicted molar refractivity (Wildman–Crippen MR) is 125 cm³/mol. The van der Waals surface area contributed by atoms with Crippen molar-refractivity contribution in [3.63, 3.8) is 0 Å². The Hall–Kier alpha value is -3.78. The molecule has 0 bridgehead atoms. The minimum Gasteiger partial charge on any atom is -0.497 e. The minimum atomic E-state index is 0.803. The molecule has 6 rings (SSSR count). The summed E-state index contributed by atoms with van der Waals surface area (Å²) in [7, 11) is 1.71. The first-order chi connectivity index (χ1) is 14.2. The van der Waals surface area contributed by atoms with Crippen LogP contribution in [0.15, 0.2) is 84.9 Å². The van der Waals surface area contributed by atoms with E-state index in [9.17, 15) is 0 Å². The first-order valence-electron chi connectivity index (χ1n) is 9.78. The van der Waals surface area contributed by atoms with Gasteiger partial charge in [0.05, 0.1) is 7.11 Å². The molecule has 0 aliphatic rings. The zero-order chi connectivity index (χ0) is 19.5. The summed E-state index contributed by atoms with van der Waals surface area (Å²) in [5.74, 6) is 0.852. The molecule has 0 saturated heterocycles. The maximum absolute atomic E-state index is 6.51. The standard InChI is InChI=1S/C27H19NO/c1-29-20-12-10-19-14-24(28)22-13-11-18-9-8-17-7-6-16-4-2-3-5-21(16)25(17)26(18)27(22)23(19)15-20/h2-15H,28H2,1H3. The third kappa shape index (κ3) is 2.23. The average molecular weight is 373 g/mol. The highest BCUT2D eigenvalue weighted by Crippen LogP contribution is 2.41. The summed E-state index contributed by atoms with van der Waals surface area (Å²) in [5.41, 5.74) is 7.31. The Kier molecular flexibility index (Phi) is 3.27. The smallest absolute Gasteiger partial charge is 0.119 e. The van der Waals surface area contributed by atoms with Crippen LogP contribution in [0.2, 0.25) is 0 Å². The molecule has 2 nitrogen and oxygen atoms in total. The van der Waals surface area contributed by atoms with E-state index in [4.69, 9.17) is 10.5 Å². The Morgan fingerprint density at radius 3 is 2.07 bits per heavy atom. The molecule has 0 radical (unpaired) electrons. The molecule has 0 aliphatic carbocycles. The van der Waals surface area contributed by atoms with Crippen LogP contribution in [0, 0.1) is 0 Å². The number of ether oxygens (including phenoxy) is 1. The molecule has 0 atom stereocenters. The summed E-state index contributed by atoms with van der Waals surface area (Å²) < 4.78 is 5.54. The summed E-state index contributed by atoms with van der Waals surface area (Å²) in [4.78, 5) is 0. The predicted octanol–water partition coefficient (Wildman–Crippen LogP) is 7.04. The van der Waals surface area contributed by atoms with Crippen LogP contribution in [0.1, 0.15) is 0 Å². The topological polar surface area (TPSA) is 35.2 Å². The lowest BCUT2D eigenvalue weighted by Gasteiger charge is -2.15. The second-order valence-corrected chi connectivity index (χ2v) is 7.59. The quantitative estimate of drug-likeness (QED) is 0.248. The van der Waals surface area contributed by atoms with Gasteiger partial charge in [-0.05, 0) is 61.3 Å². The Morgan fingerprint density at radius 1 is 0.552 bits per heavy atom. The molecule has 2 N–H and O–H groups in total. The van der Waals surface area contributed by atoms with E-state index in [2.05, 4.69) is 78.9 Å². The molecule has 0 unspecified atom stereocenters. The van der Waals surface area contributed by atoms with Gasteiger partial charge in [0, 0.05) is 16.5 Å². The molecule has 0 heterocycles. The second-order valence-electron chi connectivity index (χ2n) is 7.59. The molecule has 0 aliphatic heterocycles. The van der Waals surface area contributed by atoms with Crippen LogP contribution in [0.25, 0.3) is 53.9 Å². The minimum absolute atomic E-state index is 0.803. The van der Waals surface area contributed by atoms with Crippen LogP contribution in [0.5, 0.6) is 5.75 Å². The molecule has 29 heavy (non-hydrogen) atoms. The van der Waals surface area contributed by atoms with E-state index < -0.39 is 0 Å². The molecule has 0 aromatic heterocycles. The lowest BCUT2D eigenvalue weighted by atomic mass is 9.90. The Labute approximate surface area is 168 Å². The molecular weight excluding hydrogens is 354 g/mol. The maximum Gasteiger partial charge on any atom is 0.119 e. The highest BCUT2D eigenvalue weighted by molar-refractivity contribution is 6.33. The molecule has 6 aromatic rings. The van der Waals surface area contributed by atoms with Crippen LogP contribution < -0.4 is 10.5 Å². The van der Waals surface area contributed by atoms with Gasteiger partial charge in [-0.15, -0.1) is 0 Å². The van der Waals surface area contributed by atoms with Crippen molar-refractivity contribution in [2.75, 3.05) is 12.8 Å². The van der Waals surface area contributed by atoms with E-state index in [1.807, 2.05) is 6.07 Å². The van der Waals surface area contributed by atoms with Crippen LogP contribution in [0.3, 0.4) is 0 Å². The zero-order valence-corrected chi connectivity index (χ0v) is 16.1. The first kappa shape index (κ1) is 16.2. The fraction of sp³-hybridized carbons (Fsp3) is 0.0370. The number of fused-ring (bicyclic) bond motifs is 9. The van der Waals surface area contributed by atoms with Gasteiger partial charge in [0.25, 0.3) is 0 Å². The highest BCUT2D eigenvalue weighted by Gasteiger charge is 2.13. The third-order valence-electron chi connectivity index (χ3n) is 6.04. The van der Waals surface area contributed by atoms with Crippen LogP contribution >= 0.6 is 0 Å². The molecule has 0 spiro atoms. The fourth-order valence-electron chi connectivity index (χ4n) is 4.68. The molecule has 0 amide bonds. The van der Waals surface area contributed by atoms with Gasteiger partial charge in [0.2, 0.25) is 0 Å². The number of methoxy groups -OCH3 is 1. The zero-order valence-electron chi connectivity index (χ0n) is 16.1. The molecular formula is C27H19NO. The van der Waals surface area contributed by atoms with Crippen molar-refractivity contribution in [3.8, 4) is 5.75 Å². The van der Waals surface area contributed by atoms with Gasteiger partial charge < -0.3 is 10.5 Å². The van der Waals surface area contributed by atoms with Crippen molar-refractivity contribution in [3.05, 3.63) is 84.9 Å². The average Bonchev–Trinajstić information content (AvgIpc) is 2.78. The third-order valence-corrected chi connectivity index (χ3v) is 6.04. The summed E-state index contributed by atoms with van der Waals surface area (Å²) in [6, 6.07) is 30.0. The molecule has 0 saturated carbocycles. The van der Waals surface area contributed by atoms with Crippen molar-refractivity contribution >= 4 is 59.5 Å². The van der Waals surface area contributed by atoms with Crippen LogP contribution in [0.4, 0.5) is 5.69 Å². The lowest BCUT2D eigenvalue weighted by molar-refractivity contribution is 0.415. The largest absolute Gasteiger partial charge is 0.497 e. The Morgan fingerprint density at radius 2 is 1.24 bits per heavy atom. The van der Waals surface area contributed by atoms with E-state index in [1.54, 1.807) is 7.11 Å².